The highest BCUT2D eigenvalue weighted by Gasteiger charge is 2.14. The molecule has 17 heavy (non-hydrogen) atoms. The van der Waals surface area contributed by atoms with Crippen molar-refractivity contribution in [2.75, 3.05) is 31.1 Å². The van der Waals surface area contributed by atoms with Gasteiger partial charge in [0.25, 0.3) is 0 Å². The lowest BCUT2D eigenvalue weighted by Crippen LogP contribution is -2.89. The van der Waals surface area contributed by atoms with Gasteiger partial charge in [0, 0.05) is 5.39 Å². The highest BCUT2D eigenvalue weighted by molar-refractivity contribution is 5.83. The van der Waals surface area contributed by atoms with E-state index in [1.165, 1.54) is 24.0 Å². The van der Waals surface area contributed by atoms with E-state index in [-0.39, 0.29) is 0 Å². The summed E-state index contributed by atoms with van der Waals surface area (Å²) in [5.74, 6) is 1.13. The number of aryl methyl sites for hydroxylation is 1. The molecule has 0 spiro atoms. The van der Waals surface area contributed by atoms with Gasteiger partial charge >= 0.3 is 0 Å². The maximum atomic E-state index is 4.77. The Labute approximate surface area is 101 Å². The summed E-state index contributed by atoms with van der Waals surface area (Å²) in [4.78, 5) is 7.16. The fourth-order valence-electron chi connectivity index (χ4n) is 2.47. The molecule has 3 heteroatoms. The zero-order valence-electron chi connectivity index (χ0n) is 10.2. The normalized spacial score (nSPS) is 16.4. The molecule has 88 valence electrons. The Kier molecular flexibility index (Phi) is 2.69. The molecule has 1 saturated heterocycles. The number of fused-ring (bicyclic) bond motifs is 1. The number of pyridine rings is 1. The first-order valence-electron chi connectivity index (χ1n) is 6.27. The molecule has 3 rings (SSSR count). The zero-order valence-corrected chi connectivity index (χ0v) is 10.2. The second-order valence-corrected chi connectivity index (χ2v) is 4.67. The van der Waals surface area contributed by atoms with Gasteiger partial charge in [-0.15, -0.1) is 0 Å². The first-order valence-corrected chi connectivity index (χ1v) is 6.27. The van der Waals surface area contributed by atoms with Crippen LogP contribution in [0.5, 0.6) is 0 Å². The van der Waals surface area contributed by atoms with Gasteiger partial charge < -0.3 is 10.2 Å². The maximum Gasteiger partial charge on any atom is 0.129 e. The van der Waals surface area contributed by atoms with Crippen molar-refractivity contribution in [2.45, 2.75) is 6.92 Å². The van der Waals surface area contributed by atoms with Gasteiger partial charge in [-0.2, -0.15) is 0 Å². The molecule has 0 aliphatic carbocycles. The predicted molar refractivity (Wildman–Crippen MR) is 70.4 cm³/mol. The quantitative estimate of drug-likeness (QED) is 0.787. The summed E-state index contributed by atoms with van der Waals surface area (Å²) < 4.78 is 0. The van der Waals surface area contributed by atoms with Crippen molar-refractivity contribution in [1.82, 2.24) is 4.98 Å². The van der Waals surface area contributed by atoms with Crippen LogP contribution >= 0.6 is 0 Å². The van der Waals surface area contributed by atoms with Crippen LogP contribution in [0.15, 0.2) is 30.3 Å². The van der Waals surface area contributed by atoms with Crippen molar-refractivity contribution in [3.05, 3.63) is 35.9 Å². The van der Waals surface area contributed by atoms with Gasteiger partial charge in [0.2, 0.25) is 0 Å². The fraction of sp³-hybridized carbons (Fsp3) is 0.357. The first-order chi connectivity index (χ1) is 8.34. The number of aromatic nitrogens is 1. The number of benzene rings is 1. The van der Waals surface area contributed by atoms with E-state index in [1.807, 2.05) is 0 Å². The second kappa shape index (κ2) is 4.34. The molecule has 0 unspecified atom stereocenters. The summed E-state index contributed by atoms with van der Waals surface area (Å²) in [6.45, 7) is 6.72. The lowest BCUT2D eigenvalue weighted by atomic mass is 10.1. The number of hydrogen-bond donors (Lipinski definition) is 1. The molecule has 1 aliphatic rings. The van der Waals surface area contributed by atoms with Crippen LogP contribution in [-0.2, 0) is 0 Å². The predicted octanol–water partition coefficient (Wildman–Crippen LogP) is 0.927. The molecule has 0 amide bonds. The number of nitrogens with zero attached hydrogens (tertiary/aromatic N) is 2. The van der Waals surface area contributed by atoms with Crippen LogP contribution in [0.4, 0.5) is 5.82 Å². The molecular weight excluding hydrogens is 210 g/mol. The average Bonchev–Trinajstić information content (AvgIpc) is 2.40. The SMILES string of the molecule is Cc1cc(N2CC[NH2+]CC2)nc2ccccc12. The van der Waals surface area contributed by atoms with Crippen LogP contribution in [-0.4, -0.2) is 31.2 Å². The molecule has 2 heterocycles. The number of rotatable bonds is 1. The van der Waals surface area contributed by atoms with Crippen molar-refractivity contribution in [3.8, 4) is 0 Å². The van der Waals surface area contributed by atoms with E-state index in [0.717, 1.165) is 24.4 Å². The van der Waals surface area contributed by atoms with E-state index in [9.17, 15) is 0 Å². The third-order valence-electron chi connectivity index (χ3n) is 3.44. The summed E-state index contributed by atoms with van der Waals surface area (Å²) in [5.41, 5.74) is 2.43. The molecule has 0 radical (unpaired) electrons. The summed E-state index contributed by atoms with van der Waals surface area (Å²) in [5, 5.41) is 3.63. The minimum Gasteiger partial charge on any atom is -0.345 e. The van der Waals surface area contributed by atoms with Gasteiger partial charge in [-0.25, -0.2) is 4.98 Å². The topological polar surface area (TPSA) is 32.7 Å². The van der Waals surface area contributed by atoms with Gasteiger partial charge in [0.05, 0.1) is 31.7 Å². The molecule has 0 bridgehead atoms. The molecule has 2 N–H and O–H groups in total. The highest BCUT2D eigenvalue weighted by Crippen LogP contribution is 2.22. The Morgan fingerprint density at radius 1 is 1.18 bits per heavy atom. The van der Waals surface area contributed by atoms with Gasteiger partial charge in [-0.1, -0.05) is 18.2 Å². The summed E-state index contributed by atoms with van der Waals surface area (Å²) in [6, 6.07) is 10.6. The van der Waals surface area contributed by atoms with E-state index in [1.54, 1.807) is 0 Å². The number of quaternary nitrogens is 1. The standard InChI is InChI=1S/C14H17N3/c1-11-10-14(17-8-6-15-7-9-17)16-13-5-3-2-4-12(11)13/h2-5,10,15H,6-9H2,1H3/p+1. The molecule has 1 aromatic heterocycles. The van der Waals surface area contributed by atoms with Gasteiger partial charge in [-0.3, -0.25) is 0 Å². The Morgan fingerprint density at radius 2 is 1.94 bits per heavy atom. The van der Waals surface area contributed by atoms with Crippen LogP contribution < -0.4 is 10.2 Å². The van der Waals surface area contributed by atoms with E-state index in [2.05, 4.69) is 47.5 Å². The highest BCUT2D eigenvalue weighted by atomic mass is 15.2. The minimum atomic E-state index is 1.10. The molecule has 1 aliphatic heterocycles. The Hall–Kier alpha value is -1.61. The van der Waals surface area contributed by atoms with Crippen molar-refractivity contribution in [2.24, 2.45) is 0 Å². The smallest absolute Gasteiger partial charge is 0.129 e. The van der Waals surface area contributed by atoms with E-state index < -0.39 is 0 Å². The van der Waals surface area contributed by atoms with Crippen molar-refractivity contribution in [3.63, 3.8) is 0 Å². The van der Waals surface area contributed by atoms with Gasteiger partial charge in [0.15, 0.2) is 0 Å². The van der Waals surface area contributed by atoms with Crippen LogP contribution in [0.25, 0.3) is 10.9 Å². The number of piperazine rings is 1. The van der Waals surface area contributed by atoms with Crippen LogP contribution in [0, 0.1) is 6.92 Å². The Bertz CT molecular complexity index is 530. The minimum absolute atomic E-state index is 1.10. The monoisotopic (exact) mass is 228 g/mol. The van der Waals surface area contributed by atoms with Gasteiger partial charge in [0.1, 0.15) is 5.82 Å². The van der Waals surface area contributed by atoms with E-state index in [4.69, 9.17) is 4.98 Å². The van der Waals surface area contributed by atoms with Crippen LogP contribution in [0.2, 0.25) is 0 Å². The molecule has 1 aromatic carbocycles. The summed E-state index contributed by atoms with van der Waals surface area (Å²) in [6.07, 6.45) is 0. The zero-order chi connectivity index (χ0) is 11.7. The average molecular weight is 228 g/mol. The van der Waals surface area contributed by atoms with E-state index >= 15 is 0 Å². The molecular formula is C14H18N3+. The van der Waals surface area contributed by atoms with Crippen molar-refractivity contribution in [1.29, 1.82) is 0 Å². The Morgan fingerprint density at radius 3 is 2.76 bits per heavy atom. The fourth-order valence-corrected chi connectivity index (χ4v) is 2.47. The van der Waals surface area contributed by atoms with E-state index in [0.29, 0.717) is 0 Å². The summed E-state index contributed by atoms with van der Waals surface area (Å²) >= 11 is 0. The molecule has 0 atom stereocenters. The molecule has 3 nitrogen and oxygen atoms in total. The maximum absolute atomic E-state index is 4.77. The second-order valence-electron chi connectivity index (χ2n) is 4.67. The third-order valence-corrected chi connectivity index (χ3v) is 3.44. The first kappa shape index (κ1) is 10.5. The van der Waals surface area contributed by atoms with Crippen molar-refractivity contribution < 1.29 is 5.32 Å². The lowest BCUT2D eigenvalue weighted by molar-refractivity contribution is -0.655. The lowest BCUT2D eigenvalue weighted by Gasteiger charge is -2.26. The van der Waals surface area contributed by atoms with Gasteiger partial charge in [-0.05, 0) is 24.6 Å². The Balaban J connectivity index is 2.05. The number of anilines is 1. The molecule has 1 fully saturated rings. The molecule has 0 saturated carbocycles. The van der Waals surface area contributed by atoms with Crippen LogP contribution in [0.3, 0.4) is 0 Å². The molecule has 2 aromatic rings. The largest absolute Gasteiger partial charge is 0.345 e. The van der Waals surface area contributed by atoms with Crippen LogP contribution in [0.1, 0.15) is 5.56 Å². The van der Waals surface area contributed by atoms with Crippen molar-refractivity contribution >= 4 is 16.7 Å². The number of hydrogen-bond acceptors (Lipinski definition) is 2. The number of nitrogens with two attached hydrogens (primary N) is 1. The summed E-state index contributed by atoms with van der Waals surface area (Å²) in [7, 11) is 0. The third kappa shape index (κ3) is 1.98. The number of para-hydroxylation sites is 1.